The number of hydrogen-bond acceptors (Lipinski definition) is 3. The molecule has 3 heteroatoms. The number of ketones is 1. The van der Waals surface area contributed by atoms with Crippen molar-refractivity contribution >= 4 is 17.1 Å². The van der Waals surface area contributed by atoms with Crippen molar-refractivity contribution in [2.45, 2.75) is 31.2 Å². The van der Waals surface area contributed by atoms with Crippen LogP contribution in [0.15, 0.2) is 16.8 Å². The molecule has 1 aliphatic rings. The second-order valence-corrected chi connectivity index (χ2v) is 4.48. The van der Waals surface area contributed by atoms with Crippen LogP contribution in [0.5, 0.6) is 0 Å². The normalized spacial score (nSPS) is 20.4. The Balaban J connectivity index is 2.21. The van der Waals surface area contributed by atoms with Gasteiger partial charge in [-0.2, -0.15) is 11.3 Å². The van der Waals surface area contributed by atoms with Gasteiger partial charge in [0, 0.05) is 10.9 Å². The molecule has 2 nitrogen and oxygen atoms in total. The molecule has 1 heterocycles. The molecule has 0 unspecified atom stereocenters. The third-order valence-electron chi connectivity index (χ3n) is 2.73. The van der Waals surface area contributed by atoms with Crippen molar-refractivity contribution in [1.29, 1.82) is 0 Å². The van der Waals surface area contributed by atoms with Gasteiger partial charge in [-0.1, -0.05) is 12.8 Å². The van der Waals surface area contributed by atoms with Crippen LogP contribution in [0.3, 0.4) is 0 Å². The first kappa shape index (κ1) is 8.91. The molecule has 1 aliphatic carbocycles. The van der Waals surface area contributed by atoms with Crippen molar-refractivity contribution in [3.8, 4) is 0 Å². The van der Waals surface area contributed by atoms with Crippen LogP contribution in [0.25, 0.3) is 0 Å². The smallest absolute Gasteiger partial charge is 0.183 e. The molecule has 0 aromatic carbocycles. The van der Waals surface area contributed by atoms with Gasteiger partial charge in [-0.3, -0.25) is 4.79 Å². The van der Waals surface area contributed by atoms with Gasteiger partial charge in [0.25, 0.3) is 0 Å². The lowest BCUT2D eigenvalue weighted by Gasteiger charge is -2.20. The largest absolute Gasteiger partial charge is 0.319 e. The third-order valence-corrected chi connectivity index (χ3v) is 3.41. The van der Waals surface area contributed by atoms with Gasteiger partial charge in [-0.15, -0.1) is 0 Å². The Hall–Kier alpha value is -0.670. The number of Topliss-reactive ketones (excluding diaryl/α,β-unsaturated/α-hetero) is 1. The first-order valence-electron chi connectivity index (χ1n) is 4.58. The molecule has 1 aromatic rings. The molecule has 1 fully saturated rings. The molecule has 2 rings (SSSR count). The summed E-state index contributed by atoms with van der Waals surface area (Å²) in [5.41, 5.74) is 6.28. The van der Waals surface area contributed by atoms with Crippen molar-refractivity contribution < 1.29 is 4.79 Å². The SMILES string of the molecule is NC1(C(=O)c2ccsc2)CCCC1. The van der Waals surface area contributed by atoms with E-state index in [4.69, 9.17) is 5.73 Å². The lowest BCUT2D eigenvalue weighted by atomic mass is 9.90. The highest BCUT2D eigenvalue weighted by Gasteiger charge is 2.37. The van der Waals surface area contributed by atoms with Gasteiger partial charge in [-0.25, -0.2) is 0 Å². The van der Waals surface area contributed by atoms with Crippen molar-refractivity contribution in [3.63, 3.8) is 0 Å². The summed E-state index contributed by atoms with van der Waals surface area (Å²) in [6, 6.07) is 1.86. The topological polar surface area (TPSA) is 43.1 Å². The summed E-state index contributed by atoms with van der Waals surface area (Å²) >= 11 is 1.55. The van der Waals surface area contributed by atoms with E-state index in [1.807, 2.05) is 16.8 Å². The molecule has 0 saturated heterocycles. The Morgan fingerprint density at radius 1 is 1.46 bits per heavy atom. The van der Waals surface area contributed by atoms with Crippen molar-refractivity contribution in [2.75, 3.05) is 0 Å². The molecule has 2 N–H and O–H groups in total. The van der Waals surface area contributed by atoms with Gasteiger partial charge in [0.1, 0.15) is 0 Å². The zero-order valence-electron chi connectivity index (χ0n) is 7.45. The molecular weight excluding hydrogens is 182 g/mol. The molecule has 1 saturated carbocycles. The number of carbonyl (C=O) groups excluding carboxylic acids is 1. The Morgan fingerprint density at radius 2 is 2.15 bits per heavy atom. The van der Waals surface area contributed by atoms with E-state index in [1.54, 1.807) is 11.3 Å². The molecule has 0 amide bonds. The zero-order chi connectivity index (χ0) is 9.31. The summed E-state index contributed by atoms with van der Waals surface area (Å²) in [6.45, 7) is 0. The average Bonchev–Trinajstić information content (AvgIpc) is 2.73. The van der Waals surface area contributed by atoms with Gasteiger partial charge in [0.05, 0.1) is 5.54 Å². The van der Waals surface area contributed by atoms with Crippen LogP contribution in [0.4, 0.5) is 0 Å². The molecule has 0 radical (unpaired) electrons. The Kier molecular flexibility index (Phi) is 2.22. The Morgan fingerprint density at radius 3 is 2.69 bits per heavy atom. The maximum Gasteiger partial charge on any atom is 0.183 e. The molecule has 0 aliphatic heterocycles. The van der Waals surface area contributed by atoms with E-state index in [9.17, 15) is 4.79 Å². The first-order chi connectivity index (χ1) is 6.22. The van der Waals surface area contributed by atoms with Gasteiger partial charge < -0.3 is 5.73 Å². The fourth-order valence-electron chi connectivity index (χ4n) is 1.91. The van der Waals surface area contributed by atoms with Crippen molar-refractivity contribution in [1.82, 2.24) is 0 Å². The summed E-state index contributed by atoms with van der Waals surface area (Å²) in [5.74, 6) is 0.131. The summed E-state index contributed by atoms with van der Waals surface area (Å²) < 4.78 is 0. The predicted molar refractivity (Wildman–Crippen MR) is 54.0 cm³/mol. The number of thiophene rings is 1. The highest BCUT2D eigenvalue weighted by atomic mass is 32.1. The van der Waals surface area contributed by atoms with Crippen LogP contribution >= 0.6 is 11.3 Å². The number of hydrogen-bond donors (Lipinski definition) is 1. The standard InChI is InChI=1S/C10H13NOS/c11-10(4-1-2-5-10)9(12)8-3-6-13-7-8/h3,6-7H,1-2,4-5,11H2. The minimum absolute atomic E-state index is 0.131. The van der Waals surface area contributed by atoms with Gasteiger partial charge in [0.15, 0.2) is 5.78 Å². The minimum Gasteiger partial charge on any atom is -0.319 e. The van der Waals surface area contributed by atoms with Gasteiger partial charge in [-0.05, 0) is 24.3 Å². The Bertz CT molecular complexity index is 299. The van der Waals surface area contributed by atoms with E-state index in [1.165, 1.54) is 0 Å². The van der Waals surface area contributed by atoms with Crippen LogP contribution in [0.1, 0.15) is 36.0 Å². The summed E-state index contributed by atoms with van der Waals surface area (Å²) in [5, 5.41) is 3.81. The zero-order valence-corrected chi connectivity index (χ0v) is 8.27. The fourth-order valence-corrected chi connectivity index (χ4v) is 2.55. The van der Waals surface area contributed by atoms with Crippen LogP contribution in [-0.2, 0) is 0 Å². The molecule has 0 bridgehead atoms. The van der Waals surface area contributed by atoms with E-state index < -0.39 is 5.54 Å². The van der Waals surface area contributed by atoms with E-state index in [0.717, 1.165) is 31.2 Å². The molecule has 1 aromatic heterocycles. The summed E-state index contributed by atoms with van der Waals surface area (Å²) in [4.78, 5) is 11.9. The fraction of sp³-hybridized carbons (Fsp3) is 0.500. The highest BCUT2D eigenvalue weighted by molar-refractivity contribution is 7.08. The number of rotatable bonds is 2. The van der Waals surface area contributed by atoms with Gasteiger partial charge >= 0.3 is 0 Å². The average molecular weight is 195 g/mol. The maximum absolute atomic E-state index is 11.9. The maximum atomic E-state index is 11.9. The summed E-state index contributed by atoms with van der Waals surface area (Å²) in [7, 11) is 0. The van der Waals surface area contributed by atoms with E-state index in [2.05, 4.69) is 0 Å². The van der Waals surface area contributed by atoms with Crippen LogP contribution in [0.2, 0.25) is 0 Å². The minimum atomic E-state index is -0.554. The van der Waals surface area contributed by atoms with Crippen LogP contribution in [-0.4, -0.2) is 11.3 Å². The quantitative estimate of drug-likeness (QED) is 0.735. The lowest BCUT2D eigenvalue weighted by molar-refractivity contribution is 0.0892. The van der Waals surface area contributed by atoms with E-state index in [-0.39, 0.29) is 5.78 Å². The number of nitrogens with two attached hydrogens (primary N) is 1. The second-order valence-electron chi connectivity index (χ2n) is 3.70. The molecule has 0 spiro atoms. The Labute approximate surface area is 81.8 Å². The molecule has 0 atom stereocenters. The third kappa shape index (κ3) is 1.54. The summed E-state index contributed by atoms with van der Waals surface area (Å²) in [6.07, 6.45) is 3.88. The van der Waals surface area contributed by atoms with Crippen LogP contribution in [0, 0.1) is 0 Å². The predicted octanol–water partition coefficient (Wildman–Crippen LogP) is 2.20. The van der Waals surface area contributed by atoms with E-state index in [0.29, 0.717) is 0 Å². The highest BCUT2D eigenvalue weighted by Crippen LogP contribution is 2.30. The van der Waals surface area contributed by atoms with Gasteiger partial charge in [0.2, 0.25) is 0 Å². The second kappa shape index (κ2) is 3.24. The van der Waals surface area contributed by atoms with E-state index >= 15 is 0 Å². The number of carbonyl (C=O) groups is 1. The van der Waals surface area contributed by atoms with Crippen LogP contribution < -0.4 is 5.73 Å². The first-order valence-corrected chi connectivity index (χ1v) is 5.52. The molecule has 70 valence electrons. The molecule has 13 heavy (non-hydrogen) atoms. The monoisotopic (exact) mass is 195 g/mol. The lowest BCUT2D eigenvalue weighted by Crippen LogP contribution is -2.44. The van der Waals surface area contributed by atoms with Crippen molar-refractivity contribution in [2.24, 2.45) is 5.73 Å². The molecular formula is C10H13NOS. The van der Waals surface area contributed by atoms with Crippen molar-refractivity contribution in [3.05, 3.63) is 22.4 Å².